The summed E-state index contributed by atoms with van der Waals surface area (Å²) in [5.74, 6) is 0.175. The topological polar surface area (TPSA) is 61.4 Å². The number of amides is 3. The predicted molar refractivity (Wildman–Crippen MR) is 87.8 cm³/mol. The van der Waals surface area contributed by atoms with Gasteiger partial charge >= 0.3 is 6.03 Å². The number of anilines is 1. The quantitative estimate of drug-likeness (QED) is 0.882. The zero-order chi connectivity index (χ0) is 16.3. The average molecular weight is 303 g/mol. The molecule has 5 heteroatoms. The molecule has 0 bridgehead atoms. The Balaban J connectivity index is 2.08. The van der Waals surface area contributed by atoms with Crippen molar-refractivity contribution in [3.8, 4) is 0 Å². The van der Waals surface area contributed by atoms with Gasteiger partial charge in [0.1, 0.15) is 0 Å². The number of carbonyl (C=O) groups is 2. The van der Waals surface area contributed by atoms with E-state index in [4.69, 9.17) is 0 Å². The summed E-state index contributed by atoms with van der Waals surface area (Å²) in [6.07, 6.45) is 1.40. The third-order valence-corrected chi connectivity index (χ3v) is 3.62. The third-order valence-electron chi connectivity index (χ3n) is 3.62. The monoisotopic (exact) mass is 303 g/mol. The van der Waals surface area contributed by atoms with Gasteiger partial charge < -0.3 is 15.5 Å². The first-order chi connectivity index (χ1) is 10.3. The fourth-order valence-corrected chi connectivity index (χ4v) is 2.57. The standard InChI is InChI=1S/C17H25N3O2/c1-5-15(21)20-9-8-12-6-7-14(10-13(12)11-20)18-16(22)19-17(2,3)4/h6-7,10H,5,8-9,11H2,1-4H3,(H2,18,19,22). The van der Waals surface area contributed by atoms with E-state index in [0.717, 1.165) is 24.2 Å². The molecule has 3 amide bonds. The van der Waals surface area contributed by atoms with Gasteiger partial charge in [0.2, 0.25) is 5.91 Å². The van der Waals surface area contributed by atoms with Crippen LogP contribution < -0.4 is 10.6 Å². The SMILES string of the molecule is CCC(=O)N1CCc2ccc(NC(=O)NC(C)(C)C)cc2C1. The van der Waals surface area contributed by atoms with Gasteiger partial charge in [-0.05, 0) is 50.5 Å². The second kappa shape index (κ2) is 6.38. The van der Waals surface area contributed by atoms with Crippen LogP contribution in [-0.4, -0.2) is 28.9 Å². The number of hydrogen-bond donors (Lipinski definition) is 2. The Morgan fingerprint density at radius 1 is 1.23 bits per heavy atom. The van der Waals surface area contributed by atoms with E-state index in [0.29, 0.717) is 13.0 Å². The van der Waals surface area contributed by atoms with Gasteiger partial charge in [0.25, 0.3) is 0 Å². The molecule has 0 aliphatic carbocycles. The van der Waals surface area contributed by atoms with Gasteiger partial charge in [0.15, 0.2) is 0 Å². The van der Waals surface area contributed by atoms with Crippen molar-refractivity contribution in [3.63, 3.8) is 0 Å². The number of hydrogen-bond acceptors (Lipinski definition) is 2. The highest BCUT2D eigenvalue weighted by atomic mass is 16.2. The van der Waals surface area contributed by atoms with Crippen molar-refractivity contribution >= 4 is 17.6 Å². The molecule has 22 heavy (non-hydrogen) atoms. The molecular formula is C17H25N3O2. The number of nitrogens with zero attached hydrogens (tertiary/aromatic N) is 1. The molecule has 2 N–H and O–H groups in total. The van der Waals surface area contributed by atoms with E-state index in [-0.39, 0.29) is 17.5 Å². The zero-order valence-electron chi connectivity index (χ0n) is 13.8. The van der Waals surface area contributed by atoms with Gasteiger partial charge in [-0.2, -0.15) is 0 Å². The van der Waals surface area contributed by atoms with Crippen LogP contribution >= 0.6 is 0 Å². The predicted octanol–water partition coefficient (Wildman–Crippen LogP) is 2.90. The fraction of sp³-hybridized carbons (Fsp3) is 0.529. The summed E-state index contributed by atoms with van der Waals surface area (Å²) in [7, 11) is 0. The first-order valence-corrected chi connectivity index (χ1v) is 7.77. The van der Waals surface area contributed by atoms with Crippen LogP contribution in [0.3, 0.4) is 0 Å². The zero-order valence-corrected chi connectivity index (χ0v) is 13.8. The molecule has 120 valence electrons. The van der Waals surface area contributed by atoms with Crippen LogP contribution in [0.15, 0.2) is 18.2 Å². The molecule has 0 atom stereocenters. The molecule has 1 aliphatic rings. The number of benzene rings is 1. The van der Waals surface area contributed by atoms with E-state index in [1.54, 1.807) is 0 Å². The summed E-state index contributed by atoms with van der Waals surface area (Å²) < 4.78 is 0. The van der Waals surface area contributed by atoms with E-state index < -0.39 is 0 Å². The van der Waals surface area contributed by atoms with Gasteiger partial charge in [-0.15, -0.1) is 0 Å². The maximum Gasteiger partial charge on any atom is 0.319 e. The number of urea groups is 1. The average Bonchev–Trinajstić information content (AvgIpc) is 2.43. The van der Waals surface area contributed by atoms with E-state index in [1.807, 2.05) is 50.8 Å². The van der Waals surface area contributed by atoms with Gasteiger partial charge in [0.05, 0.1) is 0 Å². The molecule has 0 fully saturated rings. The highest BCUT2D eigenvalue weighted by Gasteiger charge is 2.20. The molecule has 5 nitrogen and oxygen atoms in total. The summed E-state index contributed by atoms with van der Waals surface area (Å²) in [6.45, 7) is 9.09. The Bertz CT molecular complexity index is 576. The molecule has 1 aromatic rings. The van der Waals surface area contributed by atoms with Crippen molar-refractivity contribution in [2.45, 2.75) is 52.6 Å². The van der Waals surface area contributed by atoms with Crippen LogP contribution in [-0.2, 0) is 17.8 Å². The molecule has 0 saturated carbocycles. The highest BCUT2D eigenvalue weighted by Crippen LogP contribution is 2.23. The van der Waals surface area contributed by atoms with Crippen LogP contribution in [0.4, 0.5) is 10.5 Å². The highest BCUT2D eigenvalue weighted by molar-refractivity contribution is 5.89. The minimum absolute atomic E-state index is 0.175. The van der Waals surface area contributed by atoms with Gasteiger partial charge in [0, 0.05) is 30.7 Å². The van der Waals surface area contributed by atoms with Crippen LogP contribution in [0.5, 0.6) is 0 Å². The number of fused-ring (bicyclic) bond motifs is 1. The van der Waals surface area contributed by atoms with Crippen LogP contribution in [0, 0.1) is 0 Å². The lowest BCUT2D eigenvalue weighted by atomic mass is 9.99. The van der Waals surface area contributed by atoms with Crippen molar-refractivity contribution in [3.05, 3.63) is 29.3 Å². The molecule has 2 rings (SSSR count). The smallest absolute Gasteiger partial charge is 0.319 e. The van der Waals surface area contributed by atoms with E-state index >= 15 is 0 Å². The first-order valence-electron chi connectivity index (χ1n) is 7.77. The number of nitrogens with one attached hydrogen (secondary N) is 2. The normalized spacial score (nSPS) is 14.3. The largest absolute Gasteiger partial charge is 0.338 e. The van der Waals surface area contributed by atoms with Crippen molar-refractivity contribution < 1.29 is 9.59 Å². The molecule has 0 aromatic heterocycles. The Labute approximate surface area is 132 Å². The van der Waals surface area contributed by atoms with Crippen molar-refractivity contribution in [1.29, 1.82) is 0 Å². The maximum absolute atomic E-state index is 11.9. The minimum Gasteiger partial charge on any atom is -0.338 e. The molecular weight excluding hydrogens is 278 g/mol. The van der Waals surface area contributed by atoms with Gasteiger partial charge in [-0.1, -0.05) is 13.0 Å². The van der Waals surface area contributed by atoms with Crippen LogP contribution in [0.25, 0.3) is 0 Å². The van der Waals surface area contributed by atoms with Crippen LogP contribution in [0.2, 0.25) is 0 Å². The second-order valence-electron chi connectivity index (χ2n) is 6.73. The molecule has 1 aliphatic heterocycles. The summed E-state index contributed by atoms with van der Waals surface area (Å²) in [4.78, 5) is 25.6. The lowest BCUT2D eigenvalue weighted by Gasteiger charge is -2.29. The van der Waals surface area contributed by atoms with E-state index in [2.05, 4.69) is 10.6 Å². The second-order valence-corrected chi connectivity index (χ2v) is 6.73. The van der Waals surface area contributed by atoms with Crippen molar-refractivity contribution in [2.24, 2.45) is 0 Å². The fourth-order valence-electron chi connectivity index (χ4n) is 2.57. The Morgan fingerprint density at radius 3 is 2.59 bits per heavy atom. The van der Waals surface area contributed by atoms with E-state index in [1.165, 1.54) is 5.56 Å². The molecule has 0 saturated heterocycles. The Morgan fingerprint density at radius 2 is 1.95 bits per heavy atom. The molecule has 0 spiro atoms. The minimum atomic E-state index is -0.275. The van der Waals surface area contributed by atoms with Crippen LogP contribution in [0.1, 0.15) is 45.2 Å². The van der Waals surface area contributed by atoms with E-state index in [9.17, 15) is 9.59 Å². The maximum atomic E-state index is 11.9. The molecule has 1 heterocycles. The Hall–Kier alpha value is -2.04. The Kier molecular flexibility index (Phi) is 4.74. The lowest BCUT2D eigenvalue weighted by molar-refractivity contribution is -0.131. The molecule has 0 unspecified atom stereocenters. The summed E-state index contributed by atoms with van der Waals surface area (Å²) >= 11 is 0. The number of rotatable bonds is 2. The summed E-state index contributed by atoms with van der Waals surface area (Å²) in [5.41, 5.74) is 2.85. The molecule has 1 aromatic carbocycles. The van der Waals surface area contributed by atoms with Crippen molar-refractivity contribution in [1.82, 2.24) is 10.2 Å². The third kappa shape index (κ3) is 4.23. The first kappa shape index (κ1) is 16.3. The summed E-state index contributed by atoms with van der Waals surface area (Å²) in [5, 5.41) is 5.72. The summed E-state index contributed by atoms with van der Waals surface area (Å²) in [6, 6.07) is 5.70. The van der Waals surface area contributed by atoms with Gasteiger partial charge in [-0.3, -0.25) is 4.79 Å². The number of carbonyl (C=O) groups excluding carboxylic acids is 2. The van der Waals surface area contributed by atoms with Gasteiger partial charge in [-0.25, -0.2) is 4.79 Å². The lowest BCUT2D eigenvalue weighted by Crippen LogP contribution is -2.43. The van der Waals surface area contributed by atoms with Crippen molar-refractivity contribution in [2.75, 3.05) is 11.9 Å². The molecule has 0 radical (unpaired) electrons.